The Morgan fingerprint density at radius 2 is 2.00 bits per heavy atom. The number of hydrogen-bond donors (Lipinski definition) is 0. The van der Waals surface area contributed by atoms with Crippen molar-refractivity contribution in [1.29, 1.82) is 0 Å². The first-order valence-corrected chi connectivity index (χ1v) is 9.42. The topological polar surface area (TPSA) is 26.3 Å². The van der Waals surface area contributed by atoms with Crippen LogP contribution >= 0.6 is 0 Å². The minimum absolute atomic E-state index is 0.0554. The zero-order valence-corrected chi connectivity index (χ0v) is 14.6. The van der Waals surface area contributed by atoms with Crippen molar-refractivity contribution < 1.29 is 9.53 Å². The zero-order chi connectivity index (χ0) is 16.0. The van der Waals surface area contributed by atoms with Gasteiger partial charge in [-0.3, -0.25) is 0 Å². The third-order valence-corrected chi connectivity index (χ3v) is 5.97. The molecule has 22 heavy (non-hydrogen) atoms. The fourth-order valence-corrected chi connectivity index (χ4v) is 4.77. The van der Waals surface area contributed by atoms with E-state index in [4.69, 9.17) is 4.74 Å². The lowest BCUT2D eigenvalue weighted by Gasteiger charge is -2.45. The minimum atomic E-state index is -0.413. The van der Waals surface area contributed by atoms with Crippen molar-refractivity contribution in [3.63, 3.8) is 0 Å². The largest absolute Gasteiger partial charge is 0.359 e. The molecule has 0 radical (unpaired) electrons. The maximum Gasteiger partial charge on any atom is 0.152 e. The molecule has 2 aliphatic rings. The van der Waals surface area contributed by atoms with Gasteiger partial charge in [-0.15, -0.1) is 0 Å². The average molecular weight is 306 g/mol. The zero-order valence-electron chi connectivity index (χ0n) is 14.6. The number of carbonyl (C=O) groups is 1. The van der Waals surface area contributed by atoms with Gasteiger partial charge in [0.25, 0.3) is 0 Å². The molecule has 2 nitrogen and oxygen atoms in total. The molecule has 0 aromatic heterocycles. The van der Waals surface area contributed by atoms with Crippen LogP contribution in [-0.4, -0.2) is 18.0 Å². The van der Waals surface area contributed by atoms with E-state index in [-0.39, 0.29) is 5.60 Å². The van der Waals surface area contributed by atoms with E-state index in [0.717, 1.165) is 18.3 Å². The predicted octanol–water partition coefficient (Wildman–Crippen LogP) is 5.46. The van der Waals surface area contributed by atoms with E-state index in [0.29, 0.717) is 11.8 Å². The molecule has 3 atom stereocenters. The normalized spacial score (nSPS) is 31.1. The molecule has 2 aliphatic carbocycles. The summed E-state index contributed by atoms with van der Waals surface area (Å²) < 4.78 is 6.59. The van der Waals surface area contributed by atoms with Crippen molar-refractivity contribution in [1.82, 2.24) is 0 Å². The Bertz CT molecular complexity index is 370. The average Bonchev–Trinajstić information content (AvgIpc) is 2.95. The minimum Gasteiger partial charge on any atom is -0.359 e. The van der Waals surface area contributed by atoms with Gasteiger partial charge in [-0.2, -0.15) is 0 Å². The Balaban J connectivity index is 2.21. The molecule has 0 bridgehead atoms. The van der Waals surface area contributed by atoms with Crippen LogP contribution in [0.25, 0.3) is 0 Å². The third-order valence-electron chi connectivity index (χ3n) is 5.97. The van der Waals surface area contributed by atoms with E-state index >= 15 is 0 Å². The van der Waals surface area contributed by atoms with Crippen LogP contribution in [0.1, 0.15) is 84.5 Å². The summed E-state index contributed by atoms with van der Waals surface area (Å²) in [5, 5.41) is 0. The maximum absolute atomic E-state index is 11.5. The van der Waals surface area contributed by atoms with E-state index < -0.39 is 6.10 Å². The fourth-order valence-electron chi connectivity index (χ4n) is 4.77. The second-order valence-corrected chi connectivity index (χ2v) is 7.54. The number of unbranched alkanes of at least 4 members (excludes halogenated alkanes) is 1. The lowest BCUT2D eigenvalue weighted by Crippen LogP contribution is -2.48. The first-order valence-electron chi connectivity index (χ1n) is 9.42. The molecule has 0 N–H and O–H groups in total. The molecule has 2 rings (SSSR count). The predicted molar refractivity (Wildman–Crippen MR) is 91.9 cm³/mol. The molecular weight excluding hydrogens is 272 g/mol. The Labute approximate surface area is 136 Å². The van der Waals surface area contributed by atoms with E-state index in [2.05, 4.69) is 13.5 Å². The van der Waals surface area contributed by atoms with Crippen LogP contribution in [0.2, 0.25) is 0 Å². The Kier molecular flexibility index (Phi) is 6.67. The highest BCUT2D eigenvalue weighted by molar-refractivity contribution is 5.61. The van der Waals surface area contributed by atoms with Crippen LogP contribution in [0.3, 0.4) is 0 Å². The van der Waals surface area contributed by atoms with Crippen LogP contribution in [-0.2, 0) is 9.53 Å². The quantitative estimate of drug-likeness (QED) is 0.440. The number of aldehydes is 1. The molecule has 0 heterocycles. The molecule has 0 aromatic carbocycles. The van der Waals surface area contributed by atoms with E-state index in [1.165, 1.54) is 64.2 Å². The van der Waals surface area contributed by atoms with Crippen molar-refractivity contribution in [2.75, 3.05) is 0 Å². The Morgan fingerprint density at radius 1 is 1.27 bits per heavy atom. The van der Waals surface area contributed by atoms with Crippen molar-refractivity contribution in [2.45, 2.75) is 96.2 Å². The summed E-state index contributed by atoms with van der Waals surface area (Å²) in [4.78, 5) is 11.5. The summed E-state index contributed by atoms with van der Waals surface area (Å²) in [7, 11) is 0. The Hall–Kier alpha value is -0.630. The lowest BCUT2D eigenvalue weighted by molar-refractivity contribution is -0.155. The van der Waals surface area contributed by atoms with Gasteiger partial charge < -0.3 is 9.53 Å². The lowest BCUT2D eigenvalue weighted by atomic mass is 9.70. The molecule has 0 aliphatic heterocycles. The molecule has 2 heteroatoms. The van der Waals surface area contributed by atoms with Crippen molar-refractivity contribution in [3.8, 4) is 0 Å². The summed E-state index contributed by atoms with van der Waals surface area (Å²) in [6, 6.07) is 0. The highest BCUT2D eigenvalue weighted by Crippen LogP contribution is 2.51. The first-order chi connectivity index (χ1) is 10.6. The second kappa shape index (κ2) is 8.29. The summed E-state index contributed by atoms with van der Waals surface area (Å²) in [6.45, 7) is 8.16. The van der Waals surface area contributed by atoms with Crippen LogP contribution in [0.4, 0.5) is 0 Å². The molecule has 126 valence electrons. The molecule has 0 amide bonds. The third kappa shape index (κ3) is 3.82. The van der Waals surface area contributed by atoms with Gasteiger partial charge in [-0.1, -0.05) is 52.0 Å². The van der Waals surface area contributed by atoms with Crippen LogP contribution in [0, 0.1) is 11.8 Å². The second-order valence-electron chi connectivity index (χ2n) is 7.54. The first kappa shape index (κ1) is 17.7. The summed E-state index contributed by atoms with van der Waals surface area (Å²) >= 11 is 0. The number of carbonyl (C=O) groups excluding carboxylic acids is 1. The number of rotatable bonds is 8. The highest BCUT2D eigenvalue weighted by atomic mass is 16.5. The van der Waals surface area contributed by atoms with Gasteiger partial charge in [0.15, 0.2) is 6.29 Å². The number of ether oxygens (including phenoxy) is 1. The standard InChI is InChI=1S/C20H34O2/c1-4-5-10-17-13-9-14-20(17,18-11-7-6-8-12-18)22-19(15-21)16(2)3/h15,17-19H,2,4-14H2,1,3H3. The van der Waals surface area contributed by atoms with Gasteiger partial charge in [-0.25, -0.2) is 0 Å². The van der Waals surface area contributed by atoms with Gasteiger partial charge >= 0.3 is 0 Å². The monoisotopic (exact) mass is 306 g/mol. The fraction of sp³-hybridized carbons (Fsp3) is 0.850. The van der Waals surface area contributed by atoms with E-state index in [1.807, 2.05) is 6.92 Å². The molecule has 0 saturated heterocycles. The smallest absolute Gasteiger partial charge is 0.152 e. The van der Waals surface area contributed by atoms with Crippen molar-refractivity contribution in [3.05, 3.63) is 12.2 Å². The summed E-state index contributed by atoms with van der Waals surface area (Å²) in [6.07, 6.45) is 14.6. The SMILES string of the molecule is C=C(C)C(C=O)OC1(C2CCCCC2)CCCC1CCCC. The molecule has 0 spiro atoms. The van der Waals surface area contributed by atoms with Gasteiger partial charge in [0.2, 0.25) is 0 Å². The van der Waals surface area contributed by atoms with Crippen LogP contribution < -0.4 is 0 Å². The molecule has 3 unspecified atom stereocenters. The van der Waals surface area contributed by atoms with E-state index in [1.54, 1.807) is 0 Å². The summed E-state index contributed by atoms with van der Waals surface area (Å²) in [5.41, 5.74) is 0.798. The Morgan fingerprint density at radius 3 is 2.59 bits per heavy atom. The van der Waals surface area contributed by atoms with Gasteiger partial charge in [0, 0.05) is 0 Å². The maximum atomic E-state index is 11.5. The molecule has 0 aromatic rings. The van der Waals surface area contributed by atoms with Crippen molar-refractivity contribution >= 4 is 6.29 Å². The van der Waals surface area contributed by atoms with Crippen molar-refractivity contribution in [2.24, 2.45) is 11.8 Å². The molecule has 2 saturated carbocycles. The van der Waals surface area contributed by atoms with Gasteiger partial charge in [0.05, 0.1) is 5.60 Å². The van der Waals surface area contributed by atoms with Gasteiger partial charge in [-0.05, 0) is 56.4 Å². The van der Waals surface area contributed by atoms with E-state index in [9.17, 15) is 4.79 Å². The number of hydrogen-bond acceptors (Lipinski definition) is 2. The summed E-state index contributed by atoms with van der Waals surface area (Å²) in [5.74, 6) is 1.28. The van der Waals surface area contributed by atoms with Gasteiger partial charge in [0.1, 0.15) is 6.10 Å². The van der Waals surface area contributed by atoms with Crippen LogP contribution in [0.15, 0.2) is 12.2 Å². The van der Waals surface area contributed by atoms with Crippen LogP contribution in [0.5, 0.6) is 0 Å². The molecule has 2 fully saturated rings. The highest BCUT2D eigenvalue weighted by Gasteiger charge is 2.50. The molecular formula is C20H34O2.